The molecule has 0 saturated carbocycles. The quantitative estimate of drug-likeness (QED) is 0.854. The fourth-order valence-electron chi connectivity index (χ4n) is 1.21. The maximum absolute atomic E-state index is 6.02. The molecule has 1 aromatic rings. The molecule has 0 fully saturated rings. The first-order chi connectivity index (χ1) is 7.13. The number of hydrogen-bond acceptors (Lipinski definition) is 2. The summed E-state index contributed by atoms with van der Waals surface area (Å²) in [6, 6.07) is 5.62. The van der Waals surface area contributed by atoms with Crippen LogP contribution in [0.2, 0.25) is 10.0 Å². The van der Waals surface area contributed by atoms with Gasteiger partial charge < -0.3 is 10.1 Å². The Balaban J connectivity index is 2.56. The van der Waals surface area contributed by atoms with Gasteiger partial charge in [0.1, 0.15) is 0 Å². The van der Waals surface area contributed by atoms with Gasteiger partial charge in [0, 0.05) is 17.7 Å². The molecule has 0 aliphatic heterocycles. The van der Waals surface area contributed by atoms with Gasteiger partial charge >= 0.3 is 0 Å². The van der Waals surface area contributed by atoms with Gasteiger partial charge in [0.25, 0.3) is 0 Å². The van der Waals surface area contributed by atoms with Crippen molar-refractivity contribution in [3.05, 3.63) is 28.2 Å². The van der Waals surface area contributed by atoms with Gasteiger partial charge in [-0.1, -0.05) is 23.2 Å². The van der Waals surface area contributed by atoms with Crippen LogP contribution < -0.4 is 5.32 Å². The summed E-state index contributed by atoms with van der Waals surface area (Å²) in [7, 11) is 0. The number of ether oxygens (including phenoxy) is 1. The van der Waals surface area contributed by atoms with E-state index in [-0.39, 0.29) is 6.04 Å². The van der Waals surface area contributed by atoms with Crippen LogP contribution in [0.5, 0.6) is 0 Å². The second-order valence-corrected chi connectivity index (χ2v) is 4.17. The van der Waals surface area contributed by atoms with Crippen LogP contribution >= 0.6 is 23.2 Å². The lowest BCUT2D eigenvalue weighted by Crippen LogP contribution is -2.21. The van der Waals surface area contributed by atoms with Crippen LogP contribution in [-0.4, -0.2) is 19.3 Å². The van der Waals surface area contributed by atoms with Gasteiger partial charge in [0.05, 0.1) is 17.3 Å². The molecular weight excluding hydrogens is 233 g/mol. The summed E-state index contributed by atoms with van der Waals surface area (Å²) in [5.41, 5.74) is 0.883. The van der Waals surface area contributed by atoms with Crippen LogP contribution in [0, 0.1) is 0 Å². The van der Waals surface area contributed by atoms with Crippen LogP contribution in [0.3, 0.4) is 0 Å². The van der Waals surface area contributed by atoms with Crippen molar-refractivity contribution in [2.24, 2.45) is 0 Å². The zero-order chi connectivity index (χ0) is 11.3. The monoisotopic (exact) mass is 247 g/mol. The van der Waals surface area contributed by atoms with E-state index in [9.17, 15) is 0 Å². The summed E-state index contributed by atoms with van der Waals surface area (Å²) in [6.45, 7) is 5.40. The molecule has 84 valence electrons. The third-order valence-electron chi connectivity index (χ3n) is 1.91. The smallest absolute Gasteiger partial charge is 0.0664 e. The highest BCUT2D eigenvalue weighted by atomic mass is 35.5. The number of rotatable bonds is 5. The van der Waals surface area contributed by atoms with Crippen LogP contribution in [-0.2, 0) is 4.74 Å². The molecule has 0 bridgehead atoms. The molecule has 1 aromatic carbocycles. The van der Waals surface area contributed by atoms with Gasteiger partial charge in [-0.3, -0.25) is 0 Å². The normalized spacial score (nSPS) is 12.5. The molecule has 1 N–H and O–H groups in total. The summed E-state index contributed by atoms with van der Waals surface area (Å²) in [5.74, 6) is 0. The van der Waals surface area contributed by atoms with Crippen LogP contribution in [0.15, 0.2) is 18.2 Å². The first-order valence-corrected chi connectivity index (χ1v) is 5.68. The Morgan fingerprint density at radius 1 is 1.40 bits per heavy atom. The van der Waals surface area contributed by atoms with Crippen LogP contribution in [0.4, 0.5) is 5.69 Å². The summed E-state index contributed by atoms with van der Waals surface area (Å²) in [5, 5.41) is 4.53. The fraction of sp³-hybridized carbons (Fsp3) is 0.455. The number of benzene rings is 1. The molecule has 15 heavy (non-hydrogen) atoms. The number of anilines is 1. The SMILES string of the molecule is CCOCC(C)Nc1ccc(Cl)cc1Cl. The predicted octanol–water partition coefficient (Wildman–Crippen LogP) is 3.83. The molecule has 0 radical (unpaired) electrons. The van der Waals surface area contributed by atoms with Crippen molar-refractivity contribution in [2.75, 3.05) is 18.5 Å². The highest BCUT2D eigenvalue weighted by Crippen LogP contribution is 2.25. The Hall–Kier alpha value is -0.440. The van der Waals surface area contributed by atoms with E-state index in [0.717, 1.165) is 12.3 Å². The van der Waals surface area contributed by atoms with Crippen molar-refractivity contribution in [1.82, 2.24) is 0 Å². The van der Waals surface area contributed by atoms with E-state index in [2.05, 4.69) is 5.32 Å². The molecule has 0 aromatic heterocycles. The number of nitrogens with one attached hydrogen (secondary N) is 1. The van der Waals surface area contributed by atoms with Crippen molar-refractivity contribution >= 4 is 28.9 Å². The van der Waals surface area contributed by atoms with Crippen molar-refractivity contribution in [2.45, 2.75) is 19.9 Å². The molecule has 1 unspecified atom stereocenters. The molecule has 2 nitrogen and oxygen atoms in total. The molecule has 0 saturated heterocycles. The molecule has 0 aliphatic rings. The zero-order valence-electron chi connectivity index (χ0n) is 8.89. The van der Waals surface area contributed by atoms with E-state index in [1.807, 2.05) is 26.0 Å². The molecule has 1 rings (SSSR count). The Morgan fingerprint density at radius 2 is 2.13 bits per heavy atom. The van der Waals surface area contributed by atoms with Crippen molar-refractivity contribution in [3.63, 3.8) is 0 Å². The van der Waals surface area contributed by atoms with Crippen molar-refractivity contribution < 1.29 is 4.74 Å². The highest BCUT2D eigenvalue weighted by Gasteiger charge is 2.05. The van der Waals surface area contributed by atoms with E-state index < -0.39 is 0 Å². The van der Waals surface area contributed by atoms with Gasteiger partial charge in [0.15, 0.2) is 0 Å². The van der Waals surface area contributed by atoms with Gasteiger partial charge in [-0.25, -0.2) is 0 Å². The van der Waals surface area contributed by atoms with E-state index >= 15 is 0 Å². The third-order valence-corrected chi connectivity index (χ3v) is 2.45. The Labute approximate surface area is 101 Å². The first-order valence-electron chi connectivity index (χ1n) is 4.92. The lowest BCUT2D eigenvalue weighted by atomic mass is 10.3. The Bertz CT molecular complexity index is 317. The first kappa shape index (κ1) is 12.6. The number of hydrogen-bond donors (Lipinski definition) is 1. The minimum absolute atomic E-state index is 0.226. The minimum Gasteiger partial charge on any atom is -0.380 e. The van der Waals surface area contributed by atoms with Crippen LogP contribution in [0.1, 0.15) is 13.8 Å². The minimum atomic E-state index is 0.226. The van der Waals surface area contributed by atoms with E-state index in [1.165, 1.54) is 0 Å². The molecule has 0 amide bonds. The van der Waals surface area contributed by atoms with Gasteiger partial charge in [-0.05, 0) is 32.0 Å². The zero-order valence-corrected chi connectivity index (χ0v) is 10.4. The van der Waals surface area contributed by atoms with Gasteiger partial charge in [-0.15, -0.1) is 0 Å². The molecule has 4 heteroatoms. The summed E-state index contributed by atoms with van der Waals surface area (Å²) < 4.78 is 5.30. The van der Waals surface area contributed by atoms with Crippen LogP contribution in [0.25, 0.3) is 0 Å². The van der Waals surface area contributed by atoms with E-state index in [1.54, 1.807) is 6.07 Å². The number of halogens is 2. The summed E-state index contributed by atoms with van der Waals surface area (Å²) in [4.78, 5) is 0. The average Bonchev–Trinajstić information content (AvgIpc) is 2.19. The standard InChI is InChI=1S/C11H15Cl2NO/c1-3-15-7-8(2)14-11-5-4-9(12)6-10(11)13/h4-6,8,14H,3,7H2,1-2H3. The molecule has 0 aliphatic carbocycles. The molecule has 1 atom stereocenters. The Morgan fingerprint density at radius 3 is 2.73 bits per heavy atom. The largest absolute Gasteiger partial charge is 0.380 e. The van der Waals surface area contributed by atoms with Crippen molar-refractivity contribution in [1.29, 1.82) is 0 Å². The highest BCUT2D eigenvalue weighted by molar-refractivity contribution is 6.36. The van der Waals surface area contributed by atoms with E-state index in [4.69, 9.17) is 27.9 Å². The summed E-state index contributed by atoms with van der Waals surface area (Å²) in [6.07, 6.45) is 0. The van der Waals surface area contributed by atoms with Gasteiger partial charge in [0.2, 0.25) is 0 Å². The molecular formula is C11H15Cl2NO. The lowest BCUT2D eigenvalue weighted by molar-refractivity contribution is 0.141. The molecule has 0 spiro atoms. The fourth-order valence-corrected chi connectivity index (χ4v) is 1.67. The lowest BCUT2D eigenvalue weighted by Gasteiger charge is -2.16. The Kier molecular flexibility index (Phi) is 5.23. The second-order valence-electron chi connectivity index (χ2n) is 3.33. The second kappa shape index (κ2) is 6.21. The maximum atomic E-state index is 6.02. The predicted molar refractivity (Wildman–Crippen MR) is 66.0 cm³/mol. The average molecular weight is 248 g/mol. The third kappa shape index (κ3) is 4.29. The van der Waals surface area contributed by atoms with E-state index in [0.29, 0.717) is 16.7 Å². The topological polar surface area (TPSA) is 21.3 Å². The summed E-state index contributed by atoms with van der Waals surface area (Å²) >= 11 is 11.8. The van der Waals surface area contributed by atoms with Crippen molar-refractivity contribution in [3.8, 4) is 0 Å². The van der Waals surface area contributed by atoms with Gasteiger partial charge in [-0.2, -0.15) is 0 Å². The maximum Gasteiger partial charge on any atom is 0.0664 e. The molecule has 0 heterocycles.